The van der Waals surface area contributed by atoms with Crippen molar-refractivity contribution in [3.63, 3.8) is 0 Å². The van der Waals surface area contributed by atoms with E-state index in [9.17, 15) is 28.5 Å². The molecule has 0 bridgehead atoms. The van der Waals surface area contributed by atoms with Crippen LogP contribution in [0.3, 0.4) is 0 Å². The van der Waals surface area contributed by atoms with Crippen LogP contribution in [0.5, 0.6) is 0 Å². The van der Waals surface area contributed by atoms with Crippen LogP contribution in [0.15, 0.2) is 29.1 Å². The number of carbonyl (C=O) groups excluding carboxylic acids is 4. The first-order valence-corrected chi connectivity index (χ1v) is 28.8. The highest BCUT2D eigenvalue weighted by Gasteiger charge is 2.33. The molecule has 0 fully saturated rings. The highest BCUT2D eigenvalue weighted by atomic mass is 32.2. The fraction of sp³-hybridized carbons (Fsp3) is 0.414. The zero-order valence-corrected chi connectivity index (χ0v) is 32.1. The summed E-state index contributed by atoms with van der Waals surface area (Å²) in [5.74, 6) is -3.20. The molecule has 0 radical (unpaired) electrons. The maximum atomic E-state index is 14.0. The van der Waals surface area contributed by atoms with Gasteiger partial charge < -0.3 is 22.3 Å². The summed E-state index contributed by atoms with van der Waals surface area (Å²) in [5, 5.41) is -0.185. The second-order valence-corrected chi connectivity index (χ2v) is 33.5. The molecule has 0 aliphatic carbocycles. The minimum Gasteiger partial charge on any atom is -0.590 e. The van der Waals surface area contributed by atoms with E-state index in [2.05, 4.69) is 0 Å². The summed E-state index contributed by atoms with van der Waals surface area (Å²) >= 11 is 0. The fourth-order valence-electron chi connectivity index (χ4n) is 4.09. The molecule has 0 spiro atoms. The third kappa shape index (κ3) is 8.60. The van der Waals surface area contributed by atoms with Crippen molar-refractivity contribution in [3.8, 4) is 0 Å². The predicted molar refractivity (Wildman–Crippen MR) is 181 cm³/mol. The molecule has 0 N–H and O–H groups in total. The van der Waals surface area contributed by atoms with Crippen LogP contribution in [-0.4, -0.2) is 61.7 Å². The van der Waals surface area contributed by atoms with E-state index in [4.69, 9.17) is 17.7 Å². The van der Waals surface area contributed by atoms with Crippen LogP contribution in [0.2, 0.25) is 78.6 Å². The van der Waals surface area contributed by atoms with Crippen LogP contribution in [0, 0.1) is 0 Å². The van der Waals surface area contributed by atoms with Gasteiger partial charge >= 0.3 is 23.9 Å². The summed E-state index contributed by atoms with van der Waals surface area (Å²) in [6.07, 6.45) is 0. The quantitative estimate of drug-likeness (QED) is 0.137. The molecule has 0 unspecified atom stereocenters. The zero-order chi connectivity index (χ0) is 33.7. The maximum absolute atomic E-state index is 14.0. The molecular weight excluding hydrogens is 653 g/mol. The number of rotatable bonds is 8. The first-order chi connectivity index (χ1) is 19.8. The molecule has 0 aliphatic rings. The number of benzene rings is 2. The predicted octanol–water partition coefficient (Wildman–Crippen LogP) is 7.05. The summed E-state index contributed by atoms with van der Waals surface area (Å²) in [5.41, 5.74) is -1.36. The topological polar surface area (TPSA) is 145 Å². The Morgan fingerprint density at radius 1 is 0.500 bits per heavy atom. The third-order valence-electron chi connectivity index (χ3n) is 5.60. The van der Waals surface area contributed by atoms with Gasteiger partial charge in [0, 0.05) is 12.1 Å². The Hall–Kier alpha value is -2.96. The van der Waals surface area contributed by atoms with E-state index in [-0.39, 0.29) is 42.4 Å². The molecule has 0 amide bonds. The van der Waals surface area contributed by atoms with Crippen LogP contribution in [-0.2, 0) is 17.7 Å². The molecule has 2 aromatic carbocycles. The van der Waals surface area contributed by atoms with Crippen molar-refractivity contribution in [3.05, 3.63) is 56.7 Å². The van der Waals surface area contributed by atoms with Gasteiger partial charge in [-0.05, 0) is 101 Å². The van der Waals surface area contributed by atoms with Gasteiger partial charge in [-0.3, -0.25) is 4.79 Å². The number of hydrogen-bond donors (Lipinski definition) is 0. The first kappa shape index (κ1) is 35.5. The monoisotopic (exact) mass is 692 g/mol. The number of carbonyl (C=O) groups is 4. The van der Waals surface area contributed by atoms with E-state index in [1.807, 2.05) is 0 Å². The van der Waals surface area contributed by atoms with Gasteiger partial charge in [-0.25, -0.2) is 19.2 Å². The lowest BCUT2D eigenvalue weighted by Crippen LogP contribution is -2.32. The van der Waals surface area contributed by atoms with E-state index in [1.54, 1.807) is 78.6 Å². The molecule has 0 atom stereocenters. The maximum Gasteiger partial charge on any atom is 0.325 e. The Morgan fingerprint density at radius 3 is 0.955 bits per heavy atom. The van der Waals surface area contributed by atoms with Gasteiger partial charge in [-0.2, -0.15) is 0 Å². The molecule has 0 aliphatic heterocycles. The fourth-order valence-corrected chi connectivity index (χ4v) is 8.15. The molecule has 238 valence electrons. The highest BCUT2D eigenvalue weighted by molar-refractivity contribution is 7.36. The summed E-state index contributed by atoms with van der Waals surface area (Å²) in [6.45, 7) is 21.6. The Morgan fingerprint density at radius 2 is 0.727 bits per heavy atom. The third-order valence-corrected chi connectivity index (χ3v) is 10.3. The lowest BCUT2D eigenvalue weighted by molar-refractivity contribution is 0.0680. The SMILES string of the molecule is C[Si](C)(C)OC(=O)c1cc2c(=O)c3cc(C(=O)O[Si](C)(C)C)c(C(=O)O[Si](C)(C)C)cc3[s+]([O-])c2cc1C(=O)O[Si](C)(C)C. The van der Waals surface area contributed by atoms with E-state index in [0.29, 0.717) is 0 Å². The van der Waals surface area contributed by atoms with Crippen LogP contribution in [0.4, 0.5) is 0 Å². The molecule has 44 heavy (non-hydrogen) atoms. The van der Waals surface area contributed by atoms with Crippen molar-refractivity contribution in [2.45, 2.75) is 78.6 Å². The van der Waals surface area contributed by atoms with Gasteiger partial charge in [0.15, 0.2) is 9.40 Å². The van der Waals surface area contributed by atoms with Gasteiger partial charge in [-0.1, -0.05) is 0 Å². The second kappa shape index (κ2) is 12.1. The van der Waals surface area contributed by atoms with Gasteiger partial charge in [0.1, 0.15) is 0 Å². The number of fused-ring (bicyclic) bond motifs is 2. The molecule has 1 heterocycles. The van der Waals surface area contributed by atoms with E-state index < -0.39 is 73.3 Å². The first-order valence-electron chi connectivity index (χ1n) is 14.0. The van der Waals surface area contributed by atoms with Gasteiger partial charge in [-0.15, -0.1) is 0 Å². The minimum absolute atomic E-state index is 0.0310. The van der Waals surface area contributed by atoms with Crippen molar-refractivity contribution in [2.24, 2.45) is 0 Å². The Bertz CT molecular complexity index is 1630. The Labute approximate surface area is 264 Å². The summed E-state index contributed by atoms with van der Waals surface area (Å²) in [7, 11) is -11.8. The smallest absolute Gasteiger partial charge is 0.325 e. The van der Waals surface area contributed by atoms with Gasteiger partial charge in [0.25, 0.3) is 0 Å². The van der Waals surface area contributed by atoms with Crippen molar-refractivity contribution in [1.82, 2.24) is 0 Å². The molecule has 15 heteroatoms. The van der Waals surface area contributed by atoms with E-state index in [0.717, 1.165) is 0 Å². The minimum atomic E-state index is -2.43. The average Bonchev–Trinajstić information content (AvgIpc) is 2.81. The molecular formula is C29H40O10SSi4. The van der Waals surface area contributed by atoms with Gasteiger partial charge in [0.05, 0.1) is 33.0 Å². The Kier molecular flexibility index (Phi) is 9.76. The molecule has 3 aromatic rings. The number of hydrogen-bond acceptors (Lipinski definition) is 10. The Balaban J connectivity index is 2.46. The van der Waals surface area contributed by atoms with Crippen molar-refractivity contribution in [1.29, 1.82) is 0 Å². The molecule has 0 saturated heterocycles. The molecule has 10 nitrogen and oxygen atoms in total. The average molecular weight is 693 g/mol. The normalized spacial score (nSPS) is 12.7. The summed E-state index contributed by atoms with van der Waals surface area (Å²) < 4.78 is 36.6. The van der Waals surface area contributed by atoms with Gasteiger partial charge in [0.2, 0.25) is 38.7 Å². The summed E-state index contributed by atoms with van der Waals surface area (Å²) in [4.78, 5) is 67.2. The second-order valence-electron chi connectivity index (χ2n) is 14.4. The zero-order valence-electron chi connectivity index (χ0n) is 27.3. The molecule has 0 saturated carbocycles. The molecule has 1 aromatic heterocycles. The highest BCUT2D eigenvalue weighted by Crippen LogP contribution is 2.37. The van der Waals surface area contributed by atoms with Crippen molar-refractivity contribution >= 4 is 88.1 Å². The lowest BCUT2D eigenvalue weighted by atomic mass is 10.0. The lowest BCUT2D eigenvalue weighted by Gasteiger charge is -2.22. The largest absolute Gasteiger partial charge is 0.590 e. The van der Waals surface area contributed by atoms with Crippen LogP contribution in [0.1, 0.15) is 41.4 Å². The van der Waals surface area contributed by atoms with E-state index >= 15 is 0 Å². The van der Waals surface area contributed by atoms with E-state index in [1.165, 1.54) is 24.3 Å². The summed E-state index contributed by atoms with van der Waals surface area (Å²) in [6, 6.07) is 4.86. The molecule has 3 rings (SSSR count). The van der Waals surface area contributed by atoms with Crippen LogP contribution >= 0.6 is 10.8 Å². The van der Waals surface area contributed by atoms with Crippen LogP contribution < -0.4 is 5.43 Å². The van der Waals surface area contributed by atoms with Crippen molar-refractivity contribution < 1.29 is 41.4 Å². The van der Waals surface area contributed by atoms with Crippen LogP contribution in [0.25, 0.3) is 20.2 Å². The van der Waals surface area contributed by atoms with Crippen molar-refractivity contribution in [2.75, 3.05) is 0 Å². The standard InChI is InChI=1S/C29H40O10SSi4/c1-41(2,3)36-26(31)17-13-21-23(15-19(17)28(33)38-43(7,8)9)40(35)24-16-20(29(34)39-44(10,11)12)18(14-22(24)25(21)30)27(32)37-42(4,5)6/h13-16H,1-12H3.